The largest absolute Gasteiger partial charge is 0.399 e. The van der Waals surface area contributed by atoms with E-state index < -0.39 is 0 Å². The zero-order valence-corrected chi connectivity index (χ0v) is 16.5. The standard InChI is InChI=1S/C19H22N4O.2ClH/c1-3-4-5-18-22-16-9-8-14(11-17(16)23-18)21-19(24)15-10-13(20)7-6-12(15)2;;/h6-11H,3-5,20H2,1-2H3,(H,21,24)(H,22,23);2*1H. The molecule has 0 fully saturated rings. The molecular weight excluding hydrogens is 371 g/mol. The topological polar surface area (TPSA) is 83.8 Å². The highest BCUT2D eigenvalue weighted by atomic mass is 35.5. The number of aryl methyl sites for hydroxylation is 2. The van der Waals surface area contributed by atoms with Crippen molar-refractivity contribution in [2.24, 2.45) is 0 Å². The number of benzene rings is 2. The second-order valence-corrected chi connectivity index (χ2v) is 6.05. The Labute approximate surface area is 165 Å². The molecule has 5 nitrogen and oxygen atoms in total. The lowest BCUT2D eigenvalue weighted by Gasteiger charge is -2.08. The number of carbonyl (C=O) groups excluding carboxylic acids is 1. The molecule has 4 N–H and O–H groups in total. The van der Waals surface area contributed by atoms with Crippen molar-refractivity contribution in [1.29, 1.82) is 0 Å². The van der Waals surface area contributed by atoms with Crippen molar-refractivity contribution in [2.75, 3.05) is 11.1 Å². The summed E-state index contributed by atoms with van der Waals surface area (Å²) >= 11 is 0. The minimum absolute atomic E-state index is 0. The van der Waals surface area contributed by atoms with Crippen LogP contribution in [0.25, 0.3) is 11.0 Å². The van der Waals surface area contributed by atoms with Crippen LogP contribution in [-0.2, 0) is 6.42 Å². The first-order valence-corrected chi connectivity index (χ1v) is 8.23. The molecule has 0 bridgehead atoms. The molecule has 26 heavy (non-hydrogen) atoms. The molecule has 0 radical (unpaired) electrons. The Hall–Kier alpha value is -2.24. The third-order valence-corrected chi connectivity index (χ3v) is 4.06. The van der Waals surface area contributed by atoms with Gasteiger partial charge in [0.15, 0.2) is 0 Å². The van der Waals surface area contributed by atoms with E-state index in [1.165, 1.54) is 0 Å². The summed E-state index contributed by atoms with van der Waals surface area (Å²) in [5.41, 5.74) is 10.4. The van der Waals surface area contributed by atoms with Gasteiger partial charge in [-0.25, -0.2) is 4.98 Å². The van der Waals surface area contributed by atoms with Gasteiger partial charge in [-0.1, -0.05) is 19.4 Å². The van der Waals surface area contributed by atoms with Crippen molar-refractivity contribution < 1.29 is 4.79 Å². The van der Waals surface area contributed by atoms with Gasteiger partial charge in [-0.2, -0.15) is 0 Å². The molecule has 0 aliphatic heterocycles. The van der Waals surface area contributed by atoms with E-state index in [0.29, 0.717) is 11.3 Å². The highest BCUT2D eigenvalue weighted by Gasteiger charge is 2.11. The van der Waals surface area contributed by atoms with E-state index in [1.807, 2.05) is 31.2 Å². The molecule has 0 aliphatic rings. The summed E-state index contributed by atoms with van der Waals surface area (Å²) in [7, 11) is 0. The monoisotopic (exact) mass is 394 g/mol. The van der Waals surface area contributed by atoms with Gasteiger partial charge >= 0.3 is 0 Å². The molecule has 1 heterocycles. The second kappa shape index (κ2) is 9.46. The van der Waals surface area contributed by atoms with Crippen molar-refractivity contribution in [3.63, 3.8) is 0 Å². The highest BCUT2D eigenvalue weighted by molar-refractivity contribution is 6.06. The number of nitrogens with one attached hydrogen (secondary N) is 2. The van der Waals surface area contributed by atoms with Gasteiger partial charge in [-0.15, -0.1) is 24.8 Å². The van der Waals surface area contributed by atoms with E-state index in [4.69, 9.17) is 5.73 Å². The summed E-state index contributed by atoms with van der Waals surface area (Å²) in [6.45, 7) is 4.06. The van der Waals surface area contributed by atoms with Gasteiger partial charge in [0.1, 0.15) is 5.82 Å². The molecule has 3 aromatic rings. The number of imidazole rings is 1. The number of hydrogen-bond acceptors (Lipinski definition) is 3. The Balaban J connectivity index is 0.00000169. The number of hydrogen-bond donors (Lipinski definition) is 3. The zero-order chi connectivity index (χ0) is 17.1. The summed E-state index contributed by atoms with van der Waals surface area (Å²) < 4.78 is 0. The molecule has 0 unspecified atom stereocenters. The average Bonchev–Trinajstić information content (AvgIpc) is 2.97. The molecule has 1 amide bonds. The SMILES string of the molecule is CCCCc1nc2ccc(NC(=O)c3cc(N)ccc3C)cc2[nH]1.Cl.Cl. The summed E-state index contributed by atoms with van der Waals surface area (Å²) in [6.07, 6.45) is 3.19. The Kier molecular flexibility index (Phi) is 7.93. The van der Waals surface area contributed by atoms with Crippen LogP contribution in [0.15, 0.2) is 36.4 Å². The van der Waals surface area contributed by atoms with E-state index in [0.717, 1.165) is 47.4 Å². The Bertz CT molecular complexity index is 892. The number of unbranched alkanes of at least 4 members (excludes halogenated alkanes) is 1. The normalized spacial score (nSPS) is 10.1. The van der Waals surface area contributed by atoms with Crippen LogP contribution < -0.4 is 11.1 Å². The van der Waals surface area contributed by atoms with Gasteiger partial charge in [-0.05, 0) is 49.2 Å². The molecule has 3 rings (SSSR count). The predicted molar refractivity (Wildman–Crippen MR) is 113 cm³/mol. The van der Waals surface area contributed by atoms with Gasteiger partial charge < -0.3 is 16.0 Å². The number of aromatic amines is 1. The average molecular weight is 395 g/mol. The van der Waals surface area contributed by atoms with E-state index >= 15 is 0 Å². The maximum atomic E-state index is 12.5. The highest BCUT2D eigenvalue weighted by Crippen LogP contribution is 2.20. The Morgan fingerprint density at radius 1 is 1.19 bits per heavy atom. The number of amides is 1. The number of aromatic nitrogens is 2. The molecule has 0 aliphatic carbocycles. The summed E-state index contributed by atoms with van der Waals surface area (Å²) in [5, 5.41) is 2.93. The fourth-order valence-electron chi connectivity index (χ4n) is 2.69. The minimum Gasteiger partial charge on any atom is -0.399 e. The smallest absolute Gasteiger partial charge is 0.256 e. The first-order valence-electron chi connectivity index (χ1n) is 8.23. The van der Waals surface area contributed by atoms with Crippen LogP contribution in [0.1, 0.15) is 41.5 Å². The molecule has 140 valence electrons. The molecule has 2 aromatic carbocycles. The van der Waals surface area contributed by atoms with Crippen molar-refractivity contribution in [1.82, 2.24) is 9.97 Å². The first kappa shape index (κ1) is 21.8. The van der Waals surface area contributed by atoms with Crippen molar-refractivity contribution in [3.8, 4) is 0 Å². The maximum absolute atomic E-state index is 12.5. The Morgan fingerprint density at radius 3 is 2.69 bits per heavy atom. The van der Waals surface area contributed by atoms with Gasteiger partial charge in [-0.3, -0.25) is 4.79 Å². The number of halogens is 2. The summed E-state index contributed by atoms with van der Waals surface area (Å²) in [4.78, 5) is 20.4. The molecule has 0 atom stereocenters. The molecular formula is C19H24Cl2N4O. The molecule has 0 saturated heterocycles. The van der Waals surface area contributed by atoms with Crippen LogP contribution in [0.2, 0.25) is 0 Å². The fourth-order valence-corrected chi connectivity index (χ4v) is 2.69. The van der Waals surface area contributed by atoms with Crippen LogP contribution in [0.3, 0.4) is 0 Å². The van der Waals surface area contributed by atoms with E-state index in [2.05, 4.69) is 22.2 Å². The lowest BCUT2D eigenvalue weighted by molar-refractivity contribution is 0.102. The third-order valence-electron chi connectivity index (χ3n) is 4.06. The number of fused-ring (bicyclic) bond motifs is 1. The number of nitrogens with two attached hydrogens (primary N) is 1. The molecule has 0 saturated carbocycles. The van der Waals surface area contributed by atoms with E-state index in [-0.39, 0.29) is 30.7 Å². The van der Waals surface area contributed by atoms with E-state index in [9.17, 15) is 4.79 Å². The van der Waals surface area contributed by atoms with E-state index in [1.54, 1.807) is 12.1 Å². The predicted octanol–water partition coefficient (Wildman–Crippen LogP) is 4.89. The van der Waals surface area contributed by atoms with Crippen molar-refractivity contribution in [2.45, 2.75) is 33.1 Å². The van der Waals surface area contributed by atoms with Crippen LogP contribution in [-0.4, -0.2) is 15.9 Å². The summed E-state index contributed by atoms with van der Waals surface area (Å²) in [5.74, 6) is 0.826. The number of nitrogen functional groups attached to an aromatic ring is 1. The van der Waals surface area contributed by atoms with Gasteiger partial charge in [0, 0.05) is 23.4 Å². The lowest BCUT2D eigenvalue weighted by Crippen LogP contribution is -2.13. The third kappa shape index (κ3) is 4.90. The second-order valence-electron chi connectivity index (χ2n) is 6.05. The van der Waals surface area contributed by atoms with Crippen LogP contribution in [0.4, 0.5) is 11.4 Å². The van der Waals surface area contributed by atoms with Crippen molar-refractivity contribution in [3.05, 3.63) is 53.3 Å². The van der Waals surface area contributed by atoms with Gasteiger partial charge in [0.2, 0.25) is 0 Å². The molecule has 7 heteroatoms. The van der Waals surface area contributed by atoms with Crippen LogP contribution in [0.5, 0.6) is 0 Å². The van der Waals surface area contributed by atoms with Gasteiger partial charge in [0.05, 0.1) is 11.0 Å². The number of H-pyrrole nitrogens is 1. The number of nitrogens with zero attached hydrogens (tertiary/aromatic N) is 1. The van der Waals surface area contributed by atoms with Crippen molar-refractivity contribution >= 4 is 53.1 Å². The minimum atomic E-state index is -0.162. The number of carbonyl (C=O) groups is 1. The van der Waals surface area contributed by atoms with Crippen LogP contribution >= 0.6 is 24.8 Å². The molecule has 0 spiro atoms. The number of rotatable bonds is 5. The number of anilines is 2. The fraction of sp³-hybridized carbons (Fsp3) is 0.263. The van der Waals surface area contributed by atoms with Gasteiger partial charge in [0.25, 0.3) is 5.91 Å². The zero-order valence-electron chi connectivity index (χ0n) is 14.8. The van der Waals surface area contributed by atoms with Crippen LogP contribution in [0, 0.1) is 6.92 Å². The summed E-state index contributed by atoms with van der Waals surface area (Å²) in [6, 6.07) is 11.0. The maximum Gasteiger partial charge on any atom is 0.256 e. The quantitative estimate of drug-likeness (QED) is 0.538. The Morgan fingerprint density at radius 2 is 1.96 bits per heavy atom. The first-order chi connectivity index (χ1) is 11.6. The molecule has 1 aromatic heterocycles. The lowest BCUT2D eigenvalue weighted by atomic mass is 10.1.